The van der Waals surface area contributed by atoms with Gasteiger partial charge in [-0.3, -0.25) is 10.1 Å². The third kappa shape index (κ3) is 1.64. The van der Waals surface area contributed by atoms with Crippen LogP contribution in [0.5, 0.6) is 0 Å². The second kappa shape index (κ2) is 3.57. The summed E-state index contributed by atoms with van der Waals surface area (Å²) in [6, 6.07) is 2.02. The predicted molar refractivity (Wildman–Crippen MR) is 53.7 cm³/mol. The minimum Gasteiger partial charge on any atom is -0.264 e. The Hall–Kier alpha value is -1.71. The van der Waals surface area contributed by atoms with Crippen molar-refractivity contribution in [2.45, 2.75) is 20.3 Å². The first-order valence-corrected chi connectivity index (χ1v) is 4.63. The molecule has 0 amide bonds. The molecular weight excluding hydrogens is 176 g/mol. The summed E-state index contributed by atoms with van der Waals surface area (Å²) in [7, 11) is 0. The summed E-state index contributed by atoms with van der Waals surface area (Å²) in [6.45, 7) is 4.04. The summed E-state index contributed by atoms with van der Waals surface area (Å²) in [5.41, 5.74) is 2.08. The number of hydrogen-bond donors (Lipinski definition) is 1. The fraction of sp³-hybridized carbons (Fsp3) is 0.300. The maximum absolute atomic E-state index is 4.33. The molecule has 0 spiro atoms. The number of aromatic nitrogens is 4. The maximum atomic E-state index is 4.33. The number of aromatic amines is 1. The molecule has 14 heavy (non-hydrogen) atoms. The van der Waals surface area contributed by atoms with Crippen LogP contribution >= 0.6 is 0 Å². The van der Waals surface area contributed by atoms with Crippen molar-refractivity contribution in [3.63, 3.8) is 0 Å². The molecule has 1 N–H and O–H groups in total. The van der Waals surface area contributed by atoms with Crippen molar-refractivity contribution < 1.29 is 0 Å². The Morgan fingerprint density at radius 2 is 2.21 bits per heavy atom. The van der Waals surface area contributed by atoms with E-state index >= 15 is 0 Å². The lowest BCUT2D eigenvalue weighted by molar-refractivity contribution is 0.946. The Kier molecular flexibility index (Phi) is 2.26. The molecule has 0 unspecified atom stereocenters. The Labute approximate surface area is 82.4 Å². The van der Waals surface area contributed by atoms with Crippen LogP contribution in [-0.4, -0.2) is 20.2 Å². The molecule has 4 heteroatoms. The Balaban J connectivity index is 2.39. The van der Waals surface area contributed by atoms with Crippen LogP contribution in [-0.2, 0) is 6.42 Å². The molecule has 0 aliphatic heterocycles. The van der Waals surface area contributed by atoms with E-state index in [1.54, 1.807) is 6.20 Å². The smallest absolute Gasteiger partial charge is 0.182 e. The molecule has 72 valence electrons. The molecule has 2 aromatic rings. The van der Waals surface area contributed by atoms with Gasteiger partial charge in [-0.2, -0.15) is 5.10 Å². The van der Waals surface area contributed by atoms with Gasteiger partial charge in [-0.05, 0) is 18.6 Å². The van der Waals surface area contributed by atoms with Gasteiger partial charge in [0.15, 0.2) is 5.82 Å². The molecule has 0 bridgehead atoms. The van der Waals surface area contributed by atoms with Gasteiger partial charge in [-0.25, -0.2) is 4.98 Å². The van der Waals surface area contributed by atoms with E-state index in [-0.39, 0.29) is 0 Å². The second-order valence-electron chi connectivity index (χ2n) is 3.21. The van der Waals surface area contributed by atoms with Gasteiger partial charge in [0, 0.05) is 24.4 Å². The molecule has 2 aromatic heterocycles. The summed E-state index contributed by atoms with van der Waals surface area (Å²) in [5, 5.41) is 7.01. The first-order chi connectivity index (χ1) is 6.79. The van der Waals surface area contributed by atoms with Crippen LogP contribution in [0.15, 0.2) is 18.5 Å². The zero-order valence-electron chi connectivity index (χ0n) is 8.28. The van der Waals surface area contributed by atoms with E-state index in [1.165, 1.54) is 0 Å². The number of rotatable bonds is 2. The van der Waals surface area contributed by atoms with Crippen LogP contribution in [0.2, 0.25) is 0 Å². The van der Waals surface area contributed by atoms with Crippen LogP contribution in [0.1, 0.15) is 18.3 Å². The summed E-state index contributed by atoms with van der Waals surface area (Å²) in [4.78, 5) is 8.44. The molecule has 0 aromatic carbocycles. The number of hydrogen-bond acceptors (Lipinski definition) is 3. The molecule has 0 aliphatic carbocycles. The lowest BCUT2D eigenvalue weighted by Crippen LogP contribution is -1.85. The second-order valence-corrected chi connectivity index (χ2v) is 3.21. The molecule has 2 rings (SSSR count). The Bertz CT molecular complexity index is 433. The van der Waals surface area contributed by atoms with E-state index in [0.717, 1.165) is 29.2 Å². The maximum Gasteiger partial charge on any atom is 0.182 e. The molecule has 0 fully saturated rings. The zero-order chi connectivity index (χ0) is 9.97. The van der Waals surface area contributed by atoms with Crippen molar-refractivity contribution in [3.8, 4) is 11.4 Å². The quantitative estimate of drug-likeness (QED) is 0.781. The van der Waals surface area contributed by atoms with Gasteiger partial charge in [-0.1, -0.05) is 6.92 Å². The highest BCUT2D eigenvalue weighted by Crippen LogP contribution is 2.14. The normalized spacial score (nSPS) is 10.4. The molecule has 0 radical (unpaired) electrons. The van der Waals surface area contributed by atoms with Gasteiger partial charge in [-0.15, -0.1) is 0 Å². The van der Waals surface area contributed by atoms with Crippen LogP contribution in [0.3, 0.4) is 0 Å². The van der Waals surface area contributed by atoms with Crippen LogP contribution in [0, 0.1) is 6.92 Å². The lowest BCUT2D eigenvalue weighted by Gasteiger charge is -1.94. The average molecular weight is 188 g/mol. The van der Waals surface area contributed by atoms with Gasteiger partial charge in [0.25, 0.3) is 0 Å². The minimum absolute atomic E-state index is 0.720. The van der Waals surface area contributed by atoms with Crippen LogP contribution < -0.4 is 0 Å². The van der Waals surface area contributed by atoms with Crippen molar-refractivity contribution in [1.29, 1.82) is 0 Å². The van der Waals surface area contributed by atoms with Crippen molar-refractivity contribution in [1.82, 2.24) is 20.2 Å². The standard InChI is InChI=1S/C10H12N4/c1-3-9-12-10(14-13-9)8-4-7(2)5-11-6-8/h4-6H,3H2,1-2H3,(H,12,13,14). The largest absolute Gasteiger partial charge is 0.264 e. The molecule has 0 saturated carbocycles. The monoisotopic (exact) mass is 188 g/mol. The highest BCUT2D eigenvalue weighted by atomic mass is 15.2. The van der Waals surface area contributed by atoms with Gasteiger partial charge in [0.05, 0.1) is 0 Å². The fourth-order valence-corrected chi connectivity index (χ4v) is 1.26. The van der Waals surface area contributed by atoms with E-state index in [4.69, 9.17) is 0 Å². The molecule has 0 aliphatic rings. The predicted octanol–water partition coefficient (Wildman–Crippen LogP) is 1.74. The number of pyridine rings is 1. The number of nitrogens with one attached hydrogen (secondary N) is 1. The Morgan fingerprint density at radius 3 is 2.86 bits per heavy atom. The summed E-state index contributed by atoms with van der Waals surface area (Å²) >= 11 is 0. The van der Waals surface area contributed by atoms with E-state index in [9.17, 15) is 0 Å². The highest BCUT2D eigenvalue weighted by Gasteiger charge is 2.04. The zero-order valence-corrected chi connectivity index (χ0v) is 8.28. The van der Waals surface area contributed by atoms with Gasteiger partial charge < -0.3 is 0 Å². The topological polar surface area (TPSA) is 54.5 Å². The SMILES string of the molecule is CCc1nc(-c2cncc(C)c2)n[nH]1. The van der Waals surface area contributed by atoms with Crippen molar-refractivity contribution in [2.75, 3.05) is 0 Å². The third-order valence-corrected chi connectivity index (χ3v) is 2.00. The molecule has 4 nitrogen and oxygen atoms in total. The highest BCUT2D eigenvalue weighted by molar-refractivity contribution is 5.53. The number of aryl methyl sites for hydroxylation is 2. The Morgan fingerprint density at radius 1 is 1.36 bits per heavy atom. The van der Waals surface area contributed by atoms with Crippen LogP contribution in [0.4, 0.5) is 0 Å². The first-order valence-electron chi connectivity index (χ1n) is 4.63. The summed E-state index contributed by atoms with van der Waals surface area (Å²) in [5.74, 6) is 1.62. The van der Waals surface area contributed by atoms with E-state index in [2.05, 4.69) is 20.2 Å². The number of nitrogens with zero attached hydrogens (tertiary/aromatic N) is 3. The summed E-state index contributed by atoms with van der Waals surface area (Å²) in [6.07, 6.45) is 4.46. The minimum atomic E-state index is 0.720. The fourth-order valence-electron chi connectivity index (χ4n) is 1.26. The first kappa shape index (κ1) is 8.87. The van der Waals surface area contributed by atoms with Crippen molar-refractivity contribution >= 4 is 0 Å². The average Bonchev–Trinajstić information content (AvgIpc) is 2.66. The van der Waals surface area contributed by atoms with E-state index in [1.807, 2.05) is 26.1 Å². The third-order valence-electron chi connectivity index (χ3n) is 2.00. The summed E-state index contributed by atoms with van der Waals surface area (Å²) < 4.78 is 0. The lowest BCUT2D eigenvalue weighted by atomic mass is 10.2. The van der Waals surface area contributed by atoms with Crippen molar-refractivity contribution in [3.05, 3.63) is 29.8 Å². The van der Waals surface area contributed by atoms with Gasteiger partial charge in [0.1, 0.15) is 5.82 Å². The van der Waals surface area contributed by atoms with E-state index < -0.39 is 0 Å². The molecule has 2 heterocycles. The van der Waals surface area contributed by atoms with Crippen molar-refractivity contribution in [2.24, 2.45) is 0 Å². The molecule has 0 atom stereocenters. The van der Waals surface area contributed by atoms with Gasteiger partial charge >= 0.3 is 0 Å². The molecular formula is C10H12N4. The molecule has 0 saturated heterocycles. The van der Waals surface area contributed by atoms with Gasteiger partial charge in [0.2, 0.25) is 0 Å². The number of H-pyrrole nitrogens is 1. The van der Waals surface area contributed by atoms with E-state index in [0.29, 0.717) is 0 Å². The van der Waals surface area contributed by atoms with Crippen LogP contribution in [0.25, 0.3) is 11.4 Å².